The highest BCUT2D eigenvalue weighted by molar-refractivity contribution is 5.80. The number of hydrogen-bond donors (Lipinski definition) is 2. The summed E-state index contributed by atoms with van der Waals surface area (Å²) in [7, 11) is 0. The maximum atomic E-state index is 5.83. The number of guanidine groups is 1. The zero-order valence-corrected chi connectivity index (χ0v) is 12.0. The Balaban J connectivity index is 1.54. The molecule has 110 valence electrons. The van der Waals surface area contributed by atoms with E-state index in [4.69, 9.17) is 9.47 Å². The van der Waals surface area contributed by atoms with Gasteiger partial charge in [0.15, 0.2) is 5.96 Å². The van der Waals surface area contributed by atoms with Crippen LogP contribution in [0.4, 0.5) is 0 Å². The lowest BCUT2D eigenvalue weighted by Crippen LogP contribution is -2.38. The fourth-order valence-corrected chi connectivity index (χ4v) is 2.09. The van der Waals surface area contributed by atoms with Crippen molar-refractivity contribution < 1.29 is 9.47 Å². The quantitative estimate of drug-likeness (QED) is 0.415. The SMILES string of the molecule is CCNC(=NCCCOC1CCOCC1)NC1CC1. The fraction of sp³-hybridized carbons (Fsp3) is 0.929. The maximum Gasteiger partial charge on any atom is 0.191 e. The highest BCUT2D eigenvalue weighted by Crippen LogP contribution is 2.18. The van der Waals surface area contributed by atoms with Crippen molar-refractivity contribution in [2.45, 2.75) is 51.2 Å². The lowest BCUT2D eigenvalue weighted by Gasteiger charge is -2.22. The number of nitrogens with one attached hydrogen (secondary N) is 2. The summed E-state index contributed by atoms with van der Waals surface area (Å²) < 4.78 is 11.1. The minimum Gasteiger partial charge on any atom is -0.381 e. The Kier molecular flexibility index (Phi) is 6.44. The summed E-state index contributed by atoms with van der Waals surface area (Å²) in [5, 5.41) is 6.69. The van der Waals surface area contributed by atoms with Gasteiger partial charge < -0.3 is 20.1 Å². The summed E-state index contributed by atoms with van der Waals surface area (Å²) in [4.78, 5) is 4.57. The van der Waals surface area contributed by atoms with Gasteiger partial charge in [0.25, 0.3) is 0 Å². The molecular weight excluding hydrogens is 242 g/mol. The first-order valence-corrected chi connectivity index (χ1v) is 7.62. The fourth-order valence-electron chi connectivity index (χ4n) is 2.09. The van der Waals surface area contributed by atoms with E-state index in [9.17, 15) is 0 Å². The van der Waals surface area contributed by atoms with Crippen LogP contribution in [0.5, 0.6) is 0 Å². The molecule has 1 aliphatic heterocycles. The van der Waals surface area contributed by atoms with Crippen molar-refractivity contribution in [2.24, 2.45) is 4.99 Å². The monoisotopic (exact) mass is 269 g/mol. The molecule has 0 atom stereocenters. The molecule has 0 spiro atoms. The summed E-state index contributed by atoms with van der Waals surface area (Å²) in [6.07, 6.45) is 6.01. The zero-order valence-electron chi connectivity index (χ0n) is 12.0. The van der Waals surface area contributed by atoms with Crippen LogP contribution in [0.2, 0.25) is 0 Å². The molecule has 0 aromatic rings. The third kappa shape index (κ3) is 6.25. The molecule has 5 heteroatoms. The van der Waals surface area contributed by atoms with Crippen molar-refractivity contribution in [3.05, 3.63) is 0 Å². The van der Waals surface area contributed by atoms with E-state index in [0.29, 0.717) is 12.1 Å². The van der Waals surface area contributed by atoms with Crippen molar-refractivity contribution >= 4 is 5.96 Å². The van der Waals surface area contributed by atoms with Gasteiger partial charge in [-0.1, -0.05) is 0 Å². The van der Waals surface area contributed by atoms with E-state index in [0.717, 1.165) is 58.1 Å². The Bertz CT molecular complexity index is 274. The molecule has 2 fully saturated rings. The molecule has 0 aromatic carbocycles. The van der Waals surface area contributed by atoms with E-state index in [1.165, 1.54) is 12.8 Å². The van der Waals surface area contributed by atoms with Crippen LogP contribution in [0.3, 0.4) is 0 Å². The largest absolute Gasteiger partial charge is 0.381 e. The molecule has 0 unspecified atom stereocenters. The minimum atomic E-state index is 0.399. The van der Waals surface area contributed by atoms with Gasteiger partial charge in [-0.15, -0.1) is 0 Å². The van der Waals surface area contributed by atoms with E-state index in [1.807, 2.05) is 0 Å². The molecule has 1 aliphatic carbocycles. The predicted octanol–water partition coefficient (Wildman–Crippen LogP) is 1.29. The Labute approximate surface area is 116 Å². The first kappa shape index (κ1) is 14.6. The molecule has 0 bridgehead atoms. The third-order valence-electron chi connectivity index (χ3n) is 3.36. The van der Waals surface area contributed by atoms with Gasteiger partial charge >= 0.3 is 0 Å². The molecule has 1 heterocycles. The maximum absolute atomic E-state index is 5.83. The molecular formula is C14H27N3O2. The van der Waals surface area contributed by atoms with Gasteiger partial charge in [-0.05, 0) is 39.0 Å². The minimum absolute atomic E-state index is 0.399. The summed E-state index contributed by atoms with van der Waals surface area (Å²) >= 11 is 0. The molecule has 1 saturated carbocycles. The average molecular weight is 269 g/mol. The van der Waals surface area contributed by atoms with Gasteiger partial charge in [0.2, 0.25) is 0 Å². The molecule has 19 heavy (non-hydrogen) atoms. The van der Waals surface area contributed by atoms with E-state index in [1.54, 1.807) is 0 Å². The van der Waals surface area contributed by atoms with Gasteiger partial charge in [0.05, 0.1) is 6.10 Å². The molecule has 5 nitrogen and oxygen atoms in total. The average Bonchev–Trinajstić information content (AvgIpc) is 3.24. The molecule has 2 rings (SSSR count). The summed E-state index contributed by atoms with van der Waals surface area (Å²) in [6, 6.07) is 0.649. The van der Waals surface area contributed by atoms with Crippen LogP contribution >= 0.6 is 0 Å². The number of nitrogens with zero attached hydrogens (tertiary/aromatic N) is 1. The molecule has 1 saturated heterocycles. The molecule has 2 aliphatic rings. The number of ether oxygens (including phenoxy) is 2. The number of aliphatic imine (C=N–C) groups is 1. The van der Waals surface area contributed by atoms with E-state index < -0.39 is 0 Å². The number of hydrogen-bond acceptors (Lipinski definition) is 3. The van der Waals surface area contributed by atoms with Crippen LogP contribution in [0.25, 0.3) is 0 Å². The standard InChI is InChI=1S/C14H27N3O2/c1-2-15-14(17-12-4-5-12)16-8-3-9-19-13-6-10-18-11-7-13/h12-13H,2-11H2,1H3,(H2,15,16,17). The molecule has 0 aromatic heterocycles. The summed E-state index contributed by atoms with van der Waals surface area (Å²) in [5.41, 5.74) is 0. The molecule has 0 amide bonds. The van der Waals surface area contributed by atoms with Gasteiger partial charge in [-0.3, -0.25) is 4.99 Å². The van der Waals surface area contributed by atoms with Crippen LogP contribution in [0.1, 0.15) is 39.0 Å². The van der Waals surface area contributed by atoms with Crippen molar-refractivity contribution in [2.75, 3.05) is 32.9 Å². The predicted molar refractivity (Wildman–Crippen MR) is 76.5 cm³/mol. The zero-order chi connectivity index (χ0) is 13.3. The Morgan fingerprint density at radius 3 is 2.74 bits per heavy atom. The smallest absolute Gasteiger partial charge is 0.191 e. The Hall–Kier alpha value is -0.810. The Morgan fingerprint density at radius 1 is 1.26 bits per heavy atom. The number of rotatable bonds is 7. The topological polar surface area (TPSA) is 54.9 Å². The lowest BCUT2D eigenvalue weighted by molar-refractivity contribution is -0.0318. The van der Waals surface area contributed by atoms with Crippen LogP contribution in [0.15, 0.2) is 4.99 Å². The van der Waals surface area contributed by atoms with Crippen molar-refractivity contribution in [1.82, 2.24) is 10.6 Å². The second-order valence-corrected chi connectivity index (χ2v) is 5.22. The highest BCUT2D eigenvalue weighted by Gasteiger charge is 2.21. The first-order valence-electron chi connectivity index (χ1n) is 7.62. The lowest BCUT2D eigenvalue weighted by atomic mass is 10.1. The van der Waals surface area contributed by atoms with Gasteiger partial charge in [-0.25, -0.2) is 0 Å². The molecule has 2 N–H and O–H groups in total. The van der Waals surface area contributed by atoms with Crippen molar-refractivity contribution in [1.29, 1.82) is 0 Å². The van der Waals surface area contributed by atoms with Crippen LogP contribution in [0, 0.1) is 0 Å². The second-order valence-electron chi connectivity index (χ2n) is 5.22. The first-order chi connectivity index (χ1) is 9.38. The van der Waals surface area contributed by atoms with E-state index in [2.05, 4.69) is 22.5 Å². The van der Waals surface area contributed by atoms with Crippen LogP contribution in [-0.2, 0) is 9.47 Å². The van der Waals surface area contributed by atoms with Crippen LogP contribution in [-0.4, -0.2) is 51.0 Å². The normalized spacial score (nSPS) is 21.4. The van der Waals surface area contributed by atoms with Crippen molar-refractivity contribution in [3.63, 3.8) is 0 Å². The Morgan fingerprint density at radius 2 is 2.05 bits per heavy atom. The van der Waals surface area contributed by atoms with Crippen molar-refractivity contribution in [3.8, 4) is 0 Å². The second kappa shape index (κ2) is 8.38. The van der Waals surface area contributed by atoms with Crippen LogP contribution < -0.4 is 10.6 Å². The summed E-state index contributed by atoms with van der Waals surface area (Å²) in [6.45, 7) is 6.33. The van der Waals surface area contributed by atoms with Gasteiger partial charge in [0, 0.05) is 39.0 Å². The summed E-state index contributed by atoms with van der Waals surface area (Å²) in [5.74, 6) is 0.955. The third-order valence-corrected chi connectivity index (χ3v) is 3.36. The van der Waals surface area contributed by atoms with Gasteiger partial charge in [0.1, 0.15) is 0 Å². The van der Waals surface area contributed by atoms with E-state index in [-0.39, 0.29) is 0 Å². The molecule has 0 radical (unpaired) electrons. The van der Waals surface area contributed by atoms with E-state index >= 15 is 0 Å². The van der Waals surface area contributed by atoms with Gasteiger partial charge in [-0.2, -0.15) is 0 Å². The highest BCUT2D eigenvalue weighted by atomic mass is 16.5.